The van der Waals surface area contributed by atoms with Gasteiger partial charge in [-0.3, -0.25) is 4.68 Å². The molecular formula is C10H13BrF2N2. The van der Waals surface area contributed by atoms with E-state index in [1.54, 1.807) is 0 Å². The number of rotatable bonds is 4. The average Bonchev–Trinajstić information content (AvgIpc) is 2.95. The van der Waals surface area contributed by atoms with Gasteiger partial charge in [0, 0.05) is 10.9 Å². The normalized spacial score (nSPS) is 18.5. The summed E-state index contributed by atoms with van der Waals surface area (Å²) < 4.78 is 27.2. The SMILES string of the molecule is CC(C1CC1)n1ncc(CBr)c1C(F)F. The number of nitrogens with zero attached hydrogens (tertiary/aromatic N) is 2. The molecule has 0 aliphatic heterocycles. The third kappa shape index (κ3) is 2.07. The third-order valence-electron chi connectivity index (χ3n) is 2.95. The lowest BCUT2D eigenvalue weighted by atomic mass is 10.2. The molecule has 1 aliphatic carbocycles. The van der Waals surface area contributed by atoms with Gasteiger partial charge in [-0.25, -0.2) is 8.78 Å². The zero-order valence-electron chi connectivity index (χ0n) is 8.46. The molecule has 1 aliphatic rings. The first-order valence-corrected chi connectivity index (χ1v) is 6.17. The van der Waals surface area contributed by atoms with Crippen molar-refractivity contribution in [1.29, 1.82) is 0 Å². The summed E-state index contributed by atoms with van der Waals surface area (Å²) in [6.07, 6.45) is 1.36. The fourth-order valence-corrected chi connectivity index (χ4v) is 2.29. The van der Waals surface area contributed by atoms with Gasteiger partial charge in [0.05, 0.1) is 12.2 Å². The molecule has 0 saturated heterocycles. The van der Waals surface area contributed by atoms with Gasteiger partial charge in [0.25, 0.3) is 6.43 Å². The summed E-state index contributed by atoms with van der Waals surface area (Å²) in [5.74, 6) is 0.533. The van der Waals surface area contributed by atoms with Crippen molar-refractivity contribution in [1.82, 2.24) is 9.78 Å². The van der Waals surface area contributed by atoms with Crippen LogP contribution in [0.1, 0.15) is 43.5 Å². The minimum Gasteiger partial charge on any atom is -0.260 e. The molecule has 1 unspecified atom stereocenters. The van der Waals surface area contributed by atoms with Gasteiger partial charge in [-0.2, -0.15) is 5.10 Å². The van der Waals surface area contributed by atoms with E-state index in [-0.39, 0.29) is 11.7 Å². The molecule has 1 fully saturated rings. The summed E-state index contributed by atoms with van der Waals surface area (Å²) in [7, 11) is 0. The van der Waals surface area contributed by atoms with Crippen LogP contribution in [0.25, 0.3) is 0 Å². The predicted octanol–water partition coefficient (Wildman–Crippen LogP) is 3.69. The van der Waals surface area contributed by atoms with E-state index in [1.165, 1.54) is 10.9 Å². The van der Waals surface area contributed by atoms with Crippen molar-refractivity contribution >= 4 is 15.9 Å². The van der Waals surface area contributed by atoms with E-state index >= 15 is 0 Å². The molecule has 1 aromatic rings. The lowest BCUT2D eigenvalue weighted by Gasteiger charge is -2.15. The summed E-state index contributed by atoms with van der Waals surface area (Å²) >= 11 is 3.21. The second-order valence-corrected chi connectivity index (χ2v) is 4.57. The monoisotopic (exact) mass is 278 g/mol. The highest BCUT2D eigenvalue weighted by Crippen LogP contribution is 2.41. The Labute approximate surface area is 95.8 Å². The highest BCUT2D eigenvalue weighted by molar-refractivity contribution is 9.08. The molecule has 15 heavy (non-hydrogen) atoms. The van der Waals surface area contributed by atoms with Crippen LogP contribution < -0.4 is 0 Å². The topological polar surface area (TPSA) is 17.8 Å². The number of aromatic nitrogens is 2. The second kappa shape index (κ2) is 4.20. The van der Waals surface area contributed by atoms with Crippen molar-refractivity contribution in [2.75, 3.05) is 0 Å². The molecule has 84 valence electrons. The van der Waals surface area contributed by atoms with E-state index in [2.05, 4.69) is 21.0 Å². The van der Waals surface area contributed by atoms with Crippen molar-refractivity contribution < 1.29 is 8.78 Å². The smallest absolute Gasteiger partial charge is 0.260 e. The molecule has 0 radical (unpaired) electrons. The lowest BCUT2D eigenvalue weighted by molar-refractivity contribution is 0.134. The molecule has 2 nitrogen and oxygen atoms in total. The zero-order chi connectivity index (χ0) is 11.0. The minimum atomic E-state index is -2.44. The molecule has 0 N–H and O–H groups in total. The van der Waals surface area contributed by atoms with Crippen LogP contribution in [-0.2, 0) is 5.33 Å². The molecule has 1 aromatic heterocycles. The molecule has 2 rings (SSSR count). The summed E-state index contributed by atoms with van der Waals surface area (Å²) in [4.78, 5) is 0. The Morgan fingerprint density at radius 1 is 1.60 bits per heavy atom. The highest BCUT2D eigenvalue weighted by atomic mass is 79.9. The van der Waals surface area contributed by atoms with E-state index in [4.69, 9.17) is 0 Å². The van der Waals surface area contributed by atoms with Crippen molar-refractivity contribution in [2.24, 2.45) is 5.92 Å². The molecule has 0 spiro atoms. The first kappa shape index (κ1) is 11.0. The largest absolute Gasteiger partial charge is 0.280 e. The van der Waals surface area contributed by atoms with E-state index in [0.29, 0.717) is 16.8 Å². The Morgan fingerprint density at radius 3 is 2.73 bits per heavy atom. The van der Waals surface area contributed by atoms with Gasteiger partial charge in [0.2, 0.25) is 0 Å². The van der Waals surface area contributed by atoms with E-state index in [9.17, 15) is 8.78 Å². The van der Waals surface area contributed by atoms with Gasteiger partial charge in [-0.15, -0.1) is 0 Å². The number of hydrogen-bond donors (Lipinski definition) is 0. The standard InChI is InChI=1S/C10H13BrF2N2/c1-6(7-2-3-7)15-9(10(12)13)8(4-11)5-14-15/h5-7,10H,2-4H2,1H3. The maximum atomic E-state index is 12.9. The van der Waals surface area contributed by atoms with E-state index in [1.807, 2.05) is 6.92 Å². The van der Waals surface area contributed by atoms with Crippen LogP contribution in [0, 0.1) is 5.92 Å². The van der Waals surface area contributed by atoms with Crippen LogP contribution in [-0.4, -0.2) is 9.78 Å². The van der Waals surface area contributed by atoms with Crippen molar-refractivity contribution in [3.05, 3.63) is 17.5 Å². The van der Waals surface area contributed by atoms with Crippen LogP contribution in [0.2, 0.25) is 0 Å². The number of hydrogen-bond acceptors (Lipinski definition) is 1. The van der Waals surface area contributed by atoms with Crippen molar-refractivity contribution in [2.45, 2.75) is 37.6 Å². The maximum absolute atomic E-state index is 12.9. The van der Waals surface area contributed by atoms with Crippen LogP contribution in [0.15, 0.2) is 6.20 Å². The Morgan fingerprint density at radius 2 is 2.27 bits per heavy atom. The predicted molar refractivity (Wildman–Crippen MR) is 57.3 cm³/mol. The van der Waals surface area contributed by atoms with Gasteiger partial charge >= 0.3 is 0 Å². The Balaban J connectivity index is 2.32. The molecule has 0 bridgehead atoms. The number of alkyl halides is 3. The van der Waals surface area contributed by atoms with Crippen molar-refractivity contribution in [3.63, 3.8) is 0 Å². The van der Waals surface area contributed by atoms with E-state index in [0.717, 1.165) is 12.8 Å². The zero-order valence-corrected chi connectivity index (χ0v) is 10.0. The van der Waals surface area contributed by atoms with Crippen LogP contribution >= 0.6 is 15.9 Å². The van der Waals surface area contributed by atoms with Gasteiger partial charge in [-0.1, -0.05) is 15.9 Å². The number of halogens is 3. The molecule has 1 saturated carbocycles. The minimum absolute atomic E-state index is 0.0753. The summed E-state index contributed by atoms with van der Waals surface area (Å²) in [5, 5.41) is 4.51. The quantitative estimate of drug-likeness (QED) is 0.769. The summed E-state index contributed by atoms with van der Waals surface area (Å²) in [6.45, 7) is 1.97. The van der Waals surface area contributed by atoms with Crippen LogP contribution in [0.4, 0.5) is 8.78 Å². The van der Waals surface area contributed by atoms with Gasteiger partial charge in [-0.05, 0) is 25.7 Å². The molecule has 0 aromatic carbocycles. The van der Waals surface area contributed by atoms with Crippen LogP contribution in [0.5, 0.6) is 0 Å². The lowest BCUT2D eigenvalue weighted by Crippen LogP contribution is -2.13. The van der Waals surface area contributed by atoms with Crippen LogP contribution in [0.3, 0.4) is 0 Å². The van der Waals surface area contributed by atoms with Gasteiger partial charge in [0.15, 0.2) is 0 Å². The van der Waals surface area contributed by atoms with Crippen molar-refractivity contribution in [3.8, 4) is 0 Å². The molecule has 1 atom stereocenters. The third-order valence-corrected chi connectivity index (χ3v) is 3.56. The molecular weight excluding hydrogens is 266 g/mol. The fourth-order valence-electron chi connectivity index (χ4n) is 1.85. The van der Waals surface area contributed by atoms with E-state index < -0.39 is 6.43 Å². The molecule has 5 heteroatoms. The Kier molecular flexibility index (Phi) is 3.09. The average molecular weight is 279 g/mol. The van der Waals surface area contributed by atoms with Gasteiger partial charge in [0.1, 0.15) is 5.69 Å². The first-order chi connectivity index (χ1) is 7.15. The Bertz CT molecular complexity index is 347. The molecule has 0 amide bonds. The summed E-state index contributed by atoms with van der Waals surface area (Å²) in [6, 6.07) is 0.0989. The first-order valence-electron chi connectivity index (χ1n) is 5.05. The second-order valence-electron chi connectivity index (χ2n) is 4.01. The fraction of sp³-hybridized carbons (Fsp3) is 0.700. The van der Waals surface area contributed by atoms with Gasteiger partial charge < -0.3 is 0 Å². The maximum Gasteiger partial charge on any atom is 0.280 e. The highest BCUT2D eigenvalue weighted by Gasteiger charge is 2.32. The molecule has 1 heterocycles. The Hall–Kier alpha value is -0.450. The summed E-state index contributed by atoms with van der Waals surface area (Å²) in [5.41, 5.74) is 0.670.